The van der Waals surface area contributed by atoms with Gasteiger partial charge in [-0.2, -0.15) is 0 Å². The van der Waals surface area contributed by atoms with Crippen molar-refractivity contribution in [3.8, 4) is 0 Å². The van der Waals surface area contributed by atoms with Crippen molar-refractivity contribution in [3.63, 3.8) is 0 Å². The third-order valence-corrected chi connectivity index (χ3v) is 4.25. The predicted molar refractivity (Wildman–Crippen MR) is 93.1 cm³/mol. The van der Waals surface area contributed by atoms with Gasteiger partial charge in [-0.1, -0.05) is 49.4 Å². The summed E-state index contributed by atoms with van der Waals surface area (Å²) < 4.78 is 12.9. The highest BCUT2D eigenvalue weighted by Crippen LogP contribution is 2.21. The van der Waals surface area contributed by atoms with Crippen molar-refractivity contribution >= 4 is 5.91 Å². The Morgan fingerprint density at radius 1 is 1.04 bits per heavy atom. The molecule has 1 amide bonds. The Balaban J connectivity index is 1.82. The van der Waals surface area contributed by atoms with Gasteiger partial charge in [0.1, 0.15) is 5.82 Å². The van der Waals surface area contributed by atoms with Crippen molar-refractivity contribution in [1.82, 2.24) is 5.32 Å². The highest BCUT2D eigenvalue weighted by Gasteiger charge is 2.19. The van der Waals surface area contributed by atoms with Crippen LogP contribution in [-0.2, 0) is 4.79 Å². The Kier molecular flexibility index (Phi) is 6.50. The van der Waals surface area contributed by atoms with Gasteiger partial charge >= 0.3 is 0 Å². The molecule has 3 nitrogen and oxygen atoms in total. The quantitative estimate of drug-likeness (QED) is 0.808. The maximum atomic E-state index is 12.9. The fourth-order valence-corrected chi connectivity index (χ4v) is 2.65. The van der Waals surface area contributed by atoms with Crippen molar-refractivity contribution in [2.24, 2.45) is 0 Å². The van der Waals surface area contributed by atoms with Crippen LogP contribution in [0.5, 0.6) is 0 Å². The molecule has 128 valence electrons. The zero-order valence-electron chi connectivity index (χ0n) is 14.1. The molecule has 4 heteroatoms. The number of benzene rings is 2. The number of carbonyl (C=O) groups is 1. The number of amides is 1. The first-order valence-electron chi connectivity index (χ1n) is 8.25. The van der Waals surface area contributed by atoms with Crippen LogP contribution in [0.4, 0.5) is 4.39 Å². The largest absolute Gasteiger partial charge is 0.386 e. The molecule has 2 N–H and O–H groups in total. The summed E-state index contributed by atoms with van der Waals surface area (Å²) in [6, 6.07) is 15.3. The third kappa shape index (κ3) is 5.17. The normalized spacial score (nSPS) is 14.7. The van der Waals surface area contributed by atoms with E-state index in [2.05, 4.69) is 24.4 Å². The Hall–Kier alpha value is -2.20. The van der Waals surface area contributed by atoms with Gasteiger partial charge in [-0.15, -0.1) is 0 Å². The molecule has 0 saturated carbocycles. The number of hydrogen-bond donors (Lipinski definition) is 2. The molecule has 0 fully saturated rings. The molecule has 0 aliphatic rings. The van der Waals surface area contributed by atoms with Crippen molar-refractivity contribution in [2.75, 3.05) is 0 Å². The van der Waals surface area contributed by atoms with Crippen molar-refractivity contribution in [1.29, 1.82) is 0 Å². The van der Waals surface area contributed by atoms with Crippen LogP contribution in [0.2, 0.25) is 0 Å². The average molecular weight is 329 g/mol. The van der Waals surface area contributed by atoms with Crippen LogP contribution < -0.4 is 5.32 Å². The number of hydrogen-bond acceptors (Lipinski definition) is 2. The predicted octanol–water partition coefficient (Wildman–Crippen LogP) is 3.95. The van der Waals surface area contributed by atoms with Gasteiger partial charge in [0.2, 0.25) is 5.91 Å². The van der Waals surface area contributed by atoms with E-state index in [1.807, 2.05) is 18.2 Å². The van der Waals surface area contributed by atoms with Crippen LogP contribution >= 0.6 is 0 Å². The first-order chi connectivity index (χ1) is 11.5. The van der Waals surface area contributed by atoms with Crippen LogP contribution in [0.15, 0.2) is 54.6 Å². The highest BCUT2D eigenvalue weighted by atomic mass is 19.1. The number of aliphatic hydroxyl groups is 1. The number of carbonyl (C=O) groups excluding carboxylic acids is 1. The standard InChI is InChI=1S/C20H24FNO2/c1-14(16-6-4-3-5-7-16)8-13-19(23)22-15(2)20(24)17-9-11-18(21)12-10-17/h3-7,9-12,14-15,20,24H,8,13H2,1-2H3,(H,22,23). The fourth-order valence-electron chi connectivity index (χ4n) is 2.65. The van der Waals surface area contributed by atoms with Gasteiger partial charge in [0, 0.05) is 6.42 Å². The second-order valence-electron chi connectivity index (χ2n) is 6.20. The lowest BCUT2D eigenvalue weighted by atomic mass is 9.96. The van der Waals surface area contributed by atoms with Gasteiger partial charge in [0.15, 0.2) is 0 Å². The molecule has 0 aromatic heterocycles. The Labute approximate surface area is 142 Å². The van der Waals surface area contributed by atoms with E-state index in [4.69, 9.17) is 0 Å². The molecule has 0 saturated heterocycles. The topological polar surface area (TPSA) is 49.3 Å². The minimum Gasteiger partial charge on any atom is -0.386 e. The van der Waals surface area contributed by atoms with Crippen molar-refractivity contribution in [2.45, 2.75) is 44.8 Å². The summed E-state index contributed by atoms with van der Waals surface area (Å²) in [5.74, 6) is -0.141. The SMILES string of the molecule is CC(CCC(=O)NC(C)C(O)c1ccc(F)cc1)c1ccccc1. The average Bonchev–Trinajstić information content (AvgIpc) is 2.60. The molecule has 0 radical (unpaired) electrons. The summed E-state index contributed by atoms with van der Waals surface area (Å²) in [6.07, 6.45) is 0.284. The van der Waals surface area contributed by atoms with Gasteiger partial charge < -0.3 is 10.4 Å². The molecule has 24 heavy (non-hydrogen) atoms. The van der Waals surface area contributed by atoms with Crippen LogP contribution in [0.3, 0.4) is 0 Å². The molecule has 2 aromatic carbocycles. The molecule has 0 aliphatic carbocycles. The van der Waals surface area contributed by atoms with Crippen LogP contribution in [-0.4, -0.2) is 17.1 Å². The molecular formula is C20H24FNO2. The summed E-state index contributed by atoms with van der Waals surface area (Å²) in [5.41, 5.74) is 1.80. The molecule has 3 unspecified atom stereocenters. The minimum absolute atomic E-state index is 0.0913. The second kappa shape index (κ2) is 8.60. The molecule has 3 atom stereocenters. The highest BCUT2D eigenvalue weighted by molar-refractivity contribution is 5.76. The molecular weight excluding hydrogens is 305 g/mol. The van der Waals surface area contributed by atoms with Gasteiger partial charge in [0.05, 0.1) is 12.1 Å². The first kappa shape index (κ1) is 18.1. The van der Waals surface area contributed by atoms with E-state index in [9.17, 15) is 14.3 Å². The summed E-state index contributed by atoms with van der Waals surface area (Å²) in [6.45, 7) is 3.84. The van der Waals surface area contributed by atoms with Crippen LogP contribution in [0.25, 0.3) is 0 Å². The Morgan fingerprint density at radius 3 is 2.29 bits per heavy atom. The van der Waals surface area contributed by atoms with E-state index in [1.54, 1.807) is 6.92 Å². The Morgan fingerprint density at radius 2 is 1.67 bits per heavy atom. The molecule has 2 rings (SSSR count). The van der Waals surface area contributed by atoms with Gasteiger partial charge in [-0.05, 0) is 42.5 Å². The summed E-state index contributed by atoms with van der Waals surface area (Å²) in [4.78, 5) is 12.1. The van der Waals surface area contributed by atoms with E-state index in [0.29, 0.717) is 17.9 Å². The fraction of sp³-hybridized carbons (Fsp3) is 0.350. The van der Waals surface area contributed by atoms with Gasteiger partial charge in [-0.25, -0.2) is 4.39 Å². The zero-order chi connectivity index (χ0) is 17.5. The molecule has 0 heterocycles. The van der Waals surface area contributed by atoms with E-state index in [1.165, 1.54) is 29.8 Å². The lowest BCUT2D eigenvalue weighted by Gasteiger charge is -2.21. The maximum absolute atomic E-state index is 12.9. The third-order valence-electron chi connectivity index (χ3n) is 4.25. The van der Waals surface area contributed by atoms with E-state index in [0.717, 1.165) is 6.42 Å². The van der Waals surface area contributed by atoms with Crippen LogP contribution in [0.1, 0.15) is 49.8 Å². The summed E-state index contributed by atoms with van der Waals surface area (Å²) in [7, 11) is 0. The van der Waals surface area contributed by atoms with Crippen LogP contribution in [0, 0.1) is 5.82 Å². The Bertz CT molecular complexity index is 642. The smallest absolute Gasteiger partial charge is 0.220 e. The van der Waals surface area contributed by atoms with E-state index in [-0.39, 0.29) is 11.7 Å². The lowest BCUT2D eigenvalue weighted by Crippen LogP contribution is -2.37. The number of halogens is 1. The maximum Gasteiger partial charge on any atom is 0.220 e. The zero-order valence-corrected chi connectivity index (χ0v) is 14.1. The van der Waals surface area contributed by atoms with E-state index < -0.39 is 12.1 Å². The molecule has 0 spiro atoms. The molecule has 0 aliphatic heterocycles. The van der Waals surface area contributed by atoms with E-state index >= 15 is 0 Å². The molecule has 2 aromatic rings. The first-order valence-corrected chi connectivity index (χ1v) is 8.25. The minimum atomic E-state index is -0.860. The number of nitrogens with one attached hydrogen (secondary N) is 1. The number of aliphatic hydroxyl groups excluding tert-OH is 1. The second-order valence-corrected chi connectivity index (χ2v) is 6.20. The monoisotopic (exact) mass is 329 g/mol. The summed E-state index contributed by atoms with van der Waals surface area (Å²) in [5, 5.41) is 13.1. The summed E-state index contributed by atoms with van der Waals surface area (Å²) >= 11 is 0. The number of rotatable bonds is 7. The lowest BCUT2D eigenvalue weighted by molar-refractivity contribution is -0.122. The van der Waals surface area contributed by atoms with Gasteiger partial charge in [-0.3, -0.25) is 4.79 Å². The van der Waals surface area contributed by atoms with Gasteiger partial charge in [0.25, 0.3) is 0 Å². The van der Waals surface area contributed by atoms with Crippen molar-refractivity contribution < 1.29 is 14.3 Å². The van der Waals surface area contributed by atoms with Crippen molar-refractivity contribution in [3.05, 3.63) is 71.5 Å². The molecule has 0 bridgehead atoms.